The van der Waals surface area contributed by atoms with E-state index in [4.69, 9.17) is 21.1 Å². The first-order chi connectivity index (χ1) is 13.5. The van der Waals surface area contributed by atoms with E-state index < -0.39 is 6.55 Å². The lowest BCUT2D eigenvalue weighted by Crippen LogP contribution is -2.24. The molecule has 0 spiro atoms. The van der Waals surface area contributed by atoms with Gasteiger partial charge in [-0.1, -0.05) is 18.5 Å². The number of nitrogens with one attached hydrogen (secondary N) is 1. The first-order valence-electron chi connectivity index (χ1n) is 8.72. The van der Waals surface area contributed by atoms with Crippen LogP contribution in [0.5, 0.6) is 11.5 Å². The van der Waals surface area contributed by atoms with Crippen molar-refractivity contribution in [2.45, 2.75) is 26.3 Å². The third-order valence-electron chi connectivity index (χ3n) is 3.74. The van der Waals surface area contributed by atoms with Gasteiger partial charge in [0.2, 0.25) is 5.91 Å². The summed E-state index contributed by atoms with van der Waals surface area (Å²) in [6.07, 6.45) is 6.44. The number of rotatable bonds is 10. The van der Waals surface area contributed by atoms with Crippen LogP contribution >= 0.6 is 11.6 Å². The van der Waals surface area contributed by atoms with Gasteiger partial charge in [0.1, 0.15) is 5.82 Å². The van der Waals surface area contributed by atoms with Crippen LogP contribution in [0.25, 0.3) is 6.08 Å². The number of carbonyl (C=O) groups excluding carboxylic acids is 1. The topological polar surface area (TPSA) is 65.4 Å². The van der Waals surface area contributed by atoms with Crippen LogP contribution < -0.4 is 14.8 Å². The number of amides is 1. The second-order valence-corrected chi connectivity index (χ2v) is 6.19. The summed E-state index contributed by atoms with van der Waals surface area (Å²) >= 11 is 6.24. The van der Waals surface area contributed by atoms with Gasteiger partial charge in [-0.05, 0) is 30.2 Å². The van der Waals surface area contributed by atoms with Crippen molar-refractivity contribution in [1.29, 1.82) is 0 Å². The highest BCUT2D eigenvalue weighted by Crippen LogP contribution is 2.36. The van der Waals surface area contributed by atoms with Gasteiger partial charge < -0.3 is 14.8 Å². The van der Waals surface area contributed by atoms with Crippen molar-refractivity contribution < 1.29 is 23.0 Å². The molecule has 0 saturated heterocycles. The summed E-state index contributed by atoms with van der Waals surface area (Å²) in [5.41, 5.74) is 0.661. The molecule has 0 aliphatic heterocycles. The molecule has 1 aromatic heterocycles. The zero-order valence-corrected chi connectivity index (χ0v) is 16.4. The van der Waals surface area contributed by atoms with Crippen LogP contribution in [0.2, 0.25) is 5.02 Å². The molecular formula is C19H22ClF2N3O3. The van der Waals surface area contributed by atoms with E-state index in [-0.39, 0.29) is 24.7 Å². The van der Waals surface area contributed by atoms with E-state index in [2.05, 4.69) is 10.3 Å². The zero-order chi connectivity index (χ0) is 20.5. The van der Waals surface area contributed by atoms with Crippen LogP contribution in [0.4, 0.5) is 8.78 Å². The second-order valence-electron chi connectivity index (χ2n) is 5.79. The summed E-state index contributed by atoms with van der Waals surface area (Å²) in [6.45, 7) is 0.0203. The Bertz CT molecular complexity index is 825. The molecule has 1 aromatic carbocycles. The highest BCUT2D eigenvalue weighted by atomic mass is 35.5. The number of carbonyl (C=O) groups is 1. The molecule has 0 fully saturated rings. The molecule has 0 bridgehead atoms. The van der Waals surface area contributed by atoms with Crippen LogP contribution in [0, 0.1) is 0 Å². The predicted octanol–water partition coefficient (Wildman–Crippen LogP) is 4.10. The summed E-state index contributed by atoms with van der Waals surface area (Å²) in [5, 5.41) is 3.01. The van der Waals surface area contributed by atoms with Crippen molar-refractivity contribution in [1.82, 2.24) is 14.9 Å². The molecule has 0 aliphatic rings. The van der Waals surface area contributed by atoms with Crippen LogP contribution in [0.15, 0.2) is 30.6 Å². The number of methoxy groups -OCH3 is 1. The van der Waals surface area contributed by atoms with E-state index in [1.165, 1.54) is 25.6 Å². The monoisotopic (exact) mass is 413 g/mol. The quantitative estimate of drug-likeness (QED) is 0.595. The summed E-state index contributed by atoms with van der Waals surface area (Å²) in [4.78, 5) is 15.8. The van der Waals surface area contributed by atoms with Gasteiger partial charge in [0, 0.05) is 31.4 Å². The normalized spacial score (nSPS) is 11.2. The molecule has 0 atom stereocenters. The Morgan fingerprint density at radius 3 is 2.89 bits per heavy atom. The number of benzene rings is 1. The molecule has 1 heterocycles. The highest BCUT2D eigenvalue weighted by molar-refractivity contribution is 6.32. The van der Waals surface area contributed by atoms with Gasteiger partial charge in [0.05, 0.1) is 18.7 Å². The standard InChI is InChI=1S/C19H22ClF2N3O3/c1-3-10-28-18-14(20)11-13(12-15(18)27-2)4-5-17(26)24-7-6-16-23-8-9-25(16)19(21)22/h4-5,8-9,11-12,19H,3,6-7,10H2,1-2H3,(H,24,26)/b5-4+. The lowest BCUT2D eigenvalue weighted by Gasteiger charge is -2.12. The number of alkyl halides is 2. The van der Waals surface area contributed by atoms with Crippen LogP contribution in [-0.2, 0) is 11.2 Å². The van der Waals surface area contributed by atoms with Gasteiger partial charge >= 0.3 is 6.55 Å². The molecule has 1 N–H and O–H groups in total. The summed E-state index contributed by atoms with van der Waals surface area (Å²) < 4.78 is 37.1. The van der Waals surface area contributed by atoms with Gasteiger partial charge in [0.25, 0.3) is 0 Å². The van der Waals surface area contributed by atoms with E-state index in [0.29, 0.717) is 28.7 Å². The Kier molecular flexibility index (Phi) is 8.25. The lowest BCUT2D eigenvalue weighted by atomic mass is 10.2. The average Bonchev–Trinajstić information content (AvgIpc) is 3.14. The molecule has 0 unspecified atom stereocenters. The molecule has 28 heavy (non-hydrogen) atoms. The molecule has 2 rings (SSSR count). The second kappa shape index (κ2) is 10.7. The predicted molar refractivity (Wildman–Crippen MR) is 103 cm³/mol. The molecule has 0 aliphatic carbocycles. The maximum atomic E-state index is 12.7. The Labute approximate surface area is 167 Å². The van der Waals surface area contributed by atoms with Gasteiger partial charge in [-0.25, -0.2) is 4.98 Å². The number of hydrogen-bond acceptors (Lipinski definition) is 4. The van der Waals surface area contributed by atoms with Crippen LogP contribution in [0.1, 0.15) is 31.3 Å². The summed E-state index contributed by atoms with van der Waals surface area (Å²) in [6, 6.07) is 3.37. The Morgan fingerprint density at radius 2 is 2.21 bits per heavy atom. The fourth-order valence-electron chi connectivity index (χ4n) is 2.42. The van der Waals surface area contributed by atoms with Crippen molar-refractivity contribution in [3.8, 4) is 11.5 Å². The Morgan fingerprint density at radius 1 is 1.43 bits per heavy atom. The van der Waals surface area contributed by atoms with Crippen LogP contribution in [-0.4, -0.2) is 35.7 Å². The lowest BCUT2D eigenvalue weighted by molar-refractivity contribution is -0.116. The minimum absolute atomic E-state index is 0.181. The molecule has 2 aromatic rings. The summed E-state index contributed by atoms with van der Waals surface area (Å²) in [7, 11) is 1.51. The third-order valence-corrected chi connectivity index (χ3v) is 4.02. The molecule has 0 saturated carbocycles. The maximum absolute atomic E-state index is 12.7. The first kappa shape index (κ1) is 21.7. The van der Waals surface area contributed by atoms with Crippen molar-refractivity contribution in [3.63, 3.8) is 0 Å². The SMILES string of the molecule is CCCOc1c(Cl)cc(/C=C/C(=O)NCCc2nccn2C(F)F)cc1OC. The van der Waals surface area contributed by atoms with E-state index in [1.54, 1.807) is 18.2 Å². The maximum Gasteiger partial charge on any atom is 0.319 e. The van der Waals surface area contributed by atoms with Crippen molar-refractivity contribution >= 4 is 23.6 Å². The van der Waals surface area contributed by atoms with E-state index in [1.807, 2.05) is 6.92 Å². The fourth-order valence-corrected chi connectivity index (χ4v) is 2.70. The van der Waals surface area contributed by atoms with Gasteiger partial charge in [0.15, 0.2) is 11.5 Å². The fraction of sp³-hybridized carbons (Fsp3) is 0.368. The molecule has 6 nitrogen and oxygen atoms in total. The van der Waals surface area contributed by atoms with E-state index in [0.717, 1.165) is 11.0 Å². The van der Waals surface area contributed by atoms with Crippen LogP contribution in [0.3, 0.4) is 0 Å². The molecule has 0 radical (unpaired) electrons. The molecular weight excluding hydrogens is 392 g/mol. The average molecular weight is 414 g/mol. The molecule has 1 amide bonds. The van der Waals surface area contributed by atoms with E-state index >= 15 is 0 Å². The highest BCUT2D eigenvalue weighted by Gasteiger charge is 2.12. The number of aromatic nitrogens is 2. The van der Waals surface area contributed by atoms with Crippen molar-refractivity contribution in [3.05, 3.63) is 47.0 Å². The minimum Gasteiger partial charge on any atom is -0.493 e. The number of nitrogens with zero attached hydrogens (tertiary/aromatic N) is 2. The number of ether oxygens (including phenoxy) is 2. The minimum atomic E-state index is -2.66. The van der Waals surface area contributed by atoms with Gasteiger partial charge in [-0.2, -0.15) is 8.78 Å². The largest absolute Gasteiger partial charge is 0.493 e. The number of hydrogen-bond donors (Lipinski definition) is 1. The van der Waals surface area contributed by atoms with Gasteiger partial charge in [-0.3, -0.25) is 9.36 Å². The van der Waals surface area contributed by atoms with Crippen molar-refractivity contribution in [2.75, 3.05) is 20.3 Å². The zero-order valence-electron chi connectivity index (χ0n) is 15.6. The Hall–Kier alpha value is -2.61. The third kappa shape index (κ3) is 5.95. The summed E-state index contributed by atoms with van der Waals surface area (Å²) in [5.74, 6) is 0.775. The molecule has 9 heteroatoms. The molecule has 152 valence electrons. The van der Waals surface area contributed by atoms with E-state index in [9.17, 15) is 13.6 Å². The van der Waals surface area contributed by atoms with Gasteiger partial charge in [-0.15, -0.1) is 0 Å². The smallest absolute Gasteiger partial charge is 0.319 e. The number of halogens is 3. The van der Waals surface area contributed by atoms with Crippen molar-refractivity contribution in [2.24, 2.45) is 0 Å². The Balaban J connectivity index is 1.94. The first-order valence-corrected chi connectivity index (χ1v) is 9.10. The number of imidazole rings is 1.